The van der Waals surface area contributed by atoms with E-state index in [1.165, 1.54) is 47.1 Å². The second-order valence-corrected chi connectivity index (χ2v) is 18.9. The van der Waals surface area contributed by atoms with E-state index in [1.54, 1.807) is 0 Å². The van der Waals surface area contributed by atoms with E-state index in [-0.39, 0.29) is 0 Å². The molecule has 0 unspecified atom stereocenters. The smallest absolute Gasteiger partial charge is 0.164 e. The Labute approximate surface area is 398 Å². The molecule has 0 atom stereocenters. The van der Waals surface area contributed by atoms with Gasteiger partial charge in [-0.05, 0) is 103 Å². The Bertz CT molecular complexity index is 4590. The zero-order valence-corrected chi connectivity index (χ0v) is 37.6. The van der Waals surface area contributed by atoms with Gasteiger partial charge >= 0.3 is 0 Å². The molecule has 0 aliphatic rings. The Kier molecular flexibility index (Phi) is 8.17. The van der Waals surface area contributed by atoms with Gasteiger partial charge in [0.05, 0.1) is 0 Å². The van der Waals surface area contributed by atoms with Gasteiger partial charge in [0.25, 0.3) is 0 Å². The number of benzene rings is 11. The molecule has 0 bridgehead atoms. The van der Waals surface area contributed by atoms with Gasteiger partial charge in [-0.1, -0.05) is 164 Å². The average Bonchev–Trinajstić information content (AvgIpc) is 4.12. The molecule has 15 rings (SSSR count). The van der Waals surface area contributed by atoms with Crippen LogP contribution in [-0.2, 0) is 0 Å². The maximum absolute atomic E-state index is 6.65. The van der Waals surface area contributed by atoms with Crippen molar-refractivity contribution in [3.05, 3.63) is 212 Å². The highest BCUT2D eigenvalue weighted by molar-refractivity contribution is 7.25. The zero-order chi connectivity index (χ0) is 45.2. The molecule has 69 heavy (non-hydrogen) atoms. The average molecular weight is 898 g/mol. The lowest BCUT2D eigenvalue weighted by Gasteiger charge is -2.13. The van der Waals surface area contributed by atoms with Gasteiger partial charge in [-0.3, -0.25) is 0 Å². The Balaban J connectivity index is 0.919. The van der Waals surface area contributed by atoms with Gasteiger partial charge in [0.2, 0.25) is 0 Å². The molecule has 11 aromatic carbocycles. The molecular formula is C63H35N3O2S. The van der Waals surface area contributed by atoms with Gasteiger partial charge in [-0.25, -0.2) is 15.0 Å². The Morgan fingerprint density at radius 3 is 1.45 bits per heavy atom. The van der Waals surface area contributed by atoms with Gasteiger partial charge in [0.1, 0.15) is 22.3 Å². The monoisotopic (exact) mass is 897 g/mol. The van der Waals surface area contributed by atoms with Crippen LogP contribution in [0.25, 0.3) is 153 Å². The van der Waals surface area contributed by atoms with Gasteiger partial charge in [0.15, 0.2) is 17.5 Å². The predicted octanol–water partition coefficient (Wildman–Crippen LogP) is 17.8. The van der Waals surface area contributed by atoms with Crippen LogP contribution in [0.2, 0.25) is 0 Å². The lowest BCUT2D eigenvalue weighted by Crippen LogP contribution is -2.00. The molecule has 0 spiro atoms. The van der Waals surface area contributed by atoms with Crippen molar-refractivity contribution >= 4 is 108 Å². The molecule has 0 fully saturated rings. The van der Waals surface area contributed by atoms with Crippen LogP contribution < -0.4 is 0 Å². The summed E-state index contributed by atoms with van der Waals surface area (Å²) in [5.74, 6) is 1.78. The lowest BCUT2D eigenvalue weighted by atomic mass is 9.93. The molecule has 0 aliphatic carbocycles. The summed E-state index contributed by atoms with van der Waals surface area (Å²) in [5.41, 5.74) is 10.4. The molecule has 6 heteroatoms. The Hall–Kier alpha value is -8.97. The fourth-order valence-corrected chi connectivity index (χ4v) is 12.0. The number of hydrogen-bond acceptors (Lipinski definition) is 6. The van der Waals surface area contributed by atoms with Crippen molar-refractivity contribution in [3.63, 3.8) is 0 Å². The lowest BCUT2D eigenvalue weighted by molar-refractivity contribution is 0.669. The Morgan fingerprint density at radius 1 is 0.261 bits per heavy atom. The van der Waals surface area contributed by atoms with Crippen molar-refractivity contribution < 1.29 is 8.83 Å². The van der Waals surface area contributed by atoms with E-state index >= 15 is 0 Å². The predicted molar refractivity (Wildman–Crippen MR) is 287 cm³/mol. The van der Waals surface area contributed by atoms with Gasteiger partial charge < -0.3 is 8.83 Å². The maximum Gasteiger partial charge on any atom is 0.164 e. The molecule has 0 saturated heterocycles. The first kappa shape index (κ1) is 38.2. The van der Waals surface area contributed by atoms with Crippen LogP contribution in [0.15, 0.2) is 221 Å². The number of furan rings is 2. The van der Waals surface area contributed by atoms with Gasteiger partial charge in [0, 0.05) is 58.4 Å². The van der Waals surface area contributed by atoms with E-state index in [0.717, 1.165) is 88.2 Å². The van der Waals surface area contributed by atoms with E-state index in [9.17, 15) is 0 Å². The minimum atomic E-state index is 0.573. The highest BCUT2D eigenvalue weighted by atomic mass is 32.1. The van der Waals surface area contributed by atoms with E-state index < -0.39 is 0 Å². The first-order valence-corrected chi connectivity index (χ1v) is 24.0. The molecule has 4 heterocycles. The van der Waals surface area contributed by atoms with Crippen LogP contribution in [0.1, 0.15) is 0 Å². The summed E-state index contributed by atoms with van der Waals surface area (Å²) in [4.78, 5) is 15.7. The summed E-state index contributed by atoms with van der Waals surface area (Å²) in [6, 6.07) is 75.0. The van der Waals surface area contributed by atoms with Crippen LogP contribution >= 0.6 is 11.3 Å². The number of thiophene rings is 1. The summed E-state index contributed by atoms with van der Waals surface area (Å²) in [5, 5.41) is 13.9. The van der Waals surface area contributed by atoms with E-state index in [2.05, 4.69) is 182 Å². The fourth-order valence-electron chi connectivity index (χ4n) is 10.8. The van der Waals surface area contributed by atoms with Gasteiger partial charge in [-0.15, -0.1) is 11.3 Å². The molecule has 4 aromatic heterocycles. The van der Waals surface area contributed by atoms with Gasteiger partial charge in [-0.2, -0.15) is 0 Å². The summed E-state index contributed by atoms with van der Waals surface area (Å²) < 4.78 is 15.9. The third kappa shape index (κ3) is 5.86. The van der Waals surface area contributed by atoms with Crippen molar-refractivity contribution in [2.45, 2.75) is 0 Å². The molecule has 15 aromatic rings. The number of hydrogen-bond donors (Lipinski definition) is 0. The Morgan fingerprint density at radius 2 is 0.739 bits per heavy atom. The molecular weight excluding hydrogens is 863 g/mol. The first-order valence-electron chi connectivity index (χ1n) is 23.2. The van der Waals surface area contributed by atoms with Crippen LogP contribution in [0, 0.1) is 0 Å². The first-order chi connectivity index (χ1) is 34.2. The minimum Gasteiger partial charge on any atom is -0.456 e. The minimum absolute atomic E-state index is 0.573. The van der Waals surface area contributed by atoms with Crippen LogP contribution in [0.4, 0.5) is 0 Å². The van der Waals surface area contributed by atoms with E-state index in [0.29, 0.717) is 17.5 Å². The summed E-state index contributed by atoms with van der Waals surface area (Å²) >= 11 is 1.84. The van der Waals surface area contributed by atoms with Crippen molar-refractivity contribution in [2.24, 2.45) is 0 Å². The summed E-state index contributed by atoms with van der Waals surface area (Å²) in [7, 11) is 0. The topological polar surface area (TPSA) is 65.0 Å². The van der Waals surface area contributed by atoms with Crippen molar-refractivity contribution in [1.82, 2.24) is 15.0 Å². The fraction of sp³-hybridized carbons (Fsp3) is 0. The number of rotatable bonds is 5. The SMILES string of the molecule is c1ccc(-c2nc(-c3ccc4c5ccccc5c5ccccc5c4c3)nc(-c3cccc4oc5ccc(-c6cccc7oc8cccc(-c9ccc%10c(c9)sc9ccccc9%10)c8c67)cc5c34)n2)cc1. The number of fused-ring (bicyclic) bond motifs is 15. The highest BCUT2D eigenvalue weighted by Gasteiger charge is 2.22. The highest BCUT2D eigenvalue weighted by Crippen LogP contribution is 2.46. The molecule has 0 saturated carbocycles. The second kappa shape index (κ2) is 14.8. The van der Waals surface area contributed by atoms with Crippen molar-refractivity contribution in [3.8, 4) is 56.4 Å². The summed E-state index contributed by atoms with van der Waals surface area (Å²) in [6.07, 6.45) is 0. The van der Waals surface area contributed by atoms with Crippen molar-refractivity contribution in [2.75, 3.05) is 0 Å². The van der Waals surface area contributed by atoms with Crippen LogP contribution in [0.3, 0.4) is 0 Å². The zero-order valence-electron chi connectivity index (χ0n) is 36.8. The van der Waals surface area contributed by atoms with E-state index in [4.69, 9.17) is 23.8 Å². The molecule has 0 aliphatic heterocycles. The van der Waals surface area contributed by atoms with Crippen LogP contribution in [0.5, 0.6) is 0 Å². The molecule has 5 nitrogen and oxygen atoms in total. The molecule has 0 N–H and O–H groups in total. The van der Waals surface area contributed by atoms with E-state index in [1.807, 2.05) is 41.7 Å². The standard InChI is InChI=1S/C63H35N3O2S/c1-2-13-36(14-3-1)61-64-62(39-28-30-46-44-17-5-4-15-42(44)43-16-6-7-18-45(43)50(46)34-39)66-63(65-61)49-22-12-23-53-58(49)51-33-37(29-32-52(51)67-53)40-20-10-24-54-59(40)60-41(21-11-25-55(60)68-54)38-27-31-48-47-19-8-9-26-56(47)69-57(48)35-38/h1-35H. The largest absolute Gasteiger partial charge is 0.456 e. The normalized spacial score (nSPS) is 12.1. The molecule has 0 amide bonds. The number of aromatic nitrogens is 3. The maximum atomic E-state index is 6.65. The molecule has 320 valence electrons. The second-order valence-electron chi connectivity index (χ2n) is 17.8. The third-order valence-corrected chi connectivity index (χ3v) is 15.1. The third-order valence-electron chi connectivity index (χ3n) is 13.9. The summed E-state index contributed by atoms with van der Waals surface area (Å²) in [6.45, 7) is 0. The number of nitrogens with zero attached hydrogens (tertiary/aromatic N) is 3. The van der Waals surface area contributed by atoms with Crippen LogP contribution in [-0.4, -0.2) is 15.0 Å². The molecule has 0 radical (unpaired) electrons. The quantitative estimate of drug-likeness (QED) is 0.161. The van der Waals surface area contributed by atoms with Crippen molar-refractivity contribution in [1.29, 1.82) is 0 Å².